The first kappa shape index (κ1) is 57.3. The zero-order valence-corrected chi connectivity index (χ0v) is 36.3. The van der Waals surface area contributed by atoms with Gasteiger partial charge in [0.2, 0.25) is 0 Å². The van der Waals surface area contributed by atoms with E-state index in [4.69, 9.17) is 0 Å². The second-order valence-corrected chi connectivity index (χ2v) is 24.7. The Bertz CT molecular complexity index is 1730. The summed E-state index contributed by atoms with van der Waals surface area (Å²) in [6.45, 7) is -0.260. The molecule has 63 heavy (non-hydrogen) atoms. The van der Waals surface area contributed by atoms with E-state index >= 15 is 17.6 Å². The van der Waals surface area contributed by atoms with E-state index in [1.54, 1.807) is 0 Å². The van der Waals surface area contributed by atoms with Crippen LogP contribution in [0.3, 0.4) is 0 Å². The Balaban J connectivity index is 2.58. The molecule has 2 aliphatic carbocycles. The van der Waals surface area contributed by atoms with Crippen molar-refractivity contribution in [3.8, 4) is 0 Å². The van der Waals surface area contributed by atoms with Crippen LogP contribution in [0.5, 0.6) is 0 Å². The molecule has 33 heteroatoms. The Morgan fingerprint density at radius 2 is 0.508 bits per heavy atom. The summed E-state index contributed by atoms with van der Waals surface area (Å²) in [6.07, 6.45) is -12.9. The van der Waals surface area contributed by atoms with Gasteiger partial charge in [0, 0.05) is 0 Å². The van der Waals surface area contributed by atoms with Gasteiger partial charge in [-0.25, -0.2) is 0 Å². The summed E-state index contributed by atoms with van der Waals surface area (Å²) in [6, 6.07) is 0. The van der Waals surface area contributed by atoms with Crippen LogP contribution in [0.2, 0.25) is 10.1 Å². The second kappa shape index (κ2) is 15.9. The van der Waals surface area contributed by atoms with E-state index in [1.807, 2.05) is 0 Å². The van der Waals surface area contributed by atoms with Gasteiger partial charge in [0.05, 0.1) is 0 Å². The summed E-state index contributed by atoms with van der Waals surface area (Å²) in [4.78, 5) is 0. The molecule has 0 aromatic rings. The van der Waals surface area contributed by atoms with Gasteiger partial charge in [0.25, 0.3) is 0 Å². The van der Waals surface area contributed by atoms with Gasteiger partial charge in [0.15, 0.2) is 0 Å². The predicted octanol–water partition coefficient (Wildman–Crippen LogP) is 12.9. The summed E-state index contributed by atoms with van der Waals surface area (Å²) < 4.78 is 416. The number of hydrogen-bond acceptors (Lipinski definition) is 0. The van der Waals surface area contributed by atoms with Gasteiger partial charge in [-0.1, -0.05) is 0 Å². The van der Waals surface area contributed by atoms with Gasteiger partial charge in [-0.3, -0.25) is 0 Å². The standard InChI is InChI=1S/2C15H12F15Si.Zr/c2*1-8(2,31-7-5-3-4-6-7)9(16,17)10(18,19)11(20,21)12(22,23)13(24,25)14(26,27)15(28,29)30;/h2*3,5H,4,31H2,1-2H3;. The van der Waals surface area contributed by atoms with Crippen molar-refractivity contribution in [3.05, 3.63) is 41.3 Å². The minimum atomic E-state index is -8.57. The zero-order valence-electron chi connectivity index (χ0n) is 31.0. The molecule has 0 saturated heterocycles. The average Bonchev–Trinajstić information content (AvgIpc) is 3.70. The van der Waals surface area contributed by atoms with Crippen molar-refractivity contribution in [2.24, 2.45) is 0 Å². The first-order valence-electron chi connectivity index (χ1n) is 16.4. The molecule has 0 nitrogen and oxygen atoms in total. The van der Waals surface area contributed by atoms with Crippen molar-refractivity contribution in [1.82, 2.24) is 0 Å². The van der Waals surface area contributed by atoms with Crippen molar-refractivity contribution in [2.45, 2.75) is 134 Å². The third-order valence-electron chi connectivity index (χ3n) is 9.98. The van der Waals surface area contributed by atoms with Gasteiger partial charge in [-0.15, -0.1) is 0 Å². The maximum absolute atomic E-state index is 15.3. The van der Waals surface area contributed by atoms with E-state index in [2.05, 4.69) is 0 Å². The number of hydrogen-bond donors (Lipinski definition) is 0. The average molecular weight is 1100 g/mol. The van der Waals surface area contributed by atoms with E-state index in [1.165, 1.54) is 0 Å². The molecule has 0 fully saturated rings. The van der Waals surface area contributed by atoms with E-state index < -0.39 is 159 Å². The van der Waals surface area contributed by atoms with Gasteiger partial charge < -0.3 is 0 Å². The van der Waals surface area contributed by atoms with E-state index in [0.717, 1.165) is 24.3 Å². The third kappa shape index (κ3) is 8.14. The van der Waals surface area contributed by atoms with Crippen LogP contribution in [0, 0.1) is 0 Å². The van der Waals surface area contributed by atoms with Gasteiger partial charge >= 0.3 is 349 Å². The normalized spacial score (nSPS) is 18.8. The summed E-state index contributed by atoms with van der Waals surface area (Å²) in [5.41, 5.74) is 0. The van der Waals surface area contributed by atoms with Crippen molar-refractivity contribution < 1.29 is 155 Å². The van der Waals surface area contributed by atoms with Crippen LogP contribution in [-0.4, -0.2) is 102 Å². The molecule has 0 spiro atoms. The second-order valence-electron chi connectivity index (χ2n) is 15.4. The van der Waals surface area contributed by atoms with Crippen LogP contribution < -0.4 is 0 Å². The Morgan fingerprint density at radius 1 is 0.317 bits per heavy atom. The molecule has 366 valence electrons. The molecular formula is C30H24F30Si2Zr. The fraction of sp³-hybridized carbons (Fsp3) is 0.733. The molecule has 0 unspecified atom stereocenters. The molecule has 0 heterocycles. The van der Waals surface area contributed by atoms with Gasteiger partial charge in [-0.05, 0) is 0 Å². The first-order valence-corrected chi connectivity index (χ1v) is 21.6. The number of rotatable bonds is 18. The molecule has 2 rings (SSSR count). The van der Waals surface area contributed by atoms with Gasteiger partial charge in [0.1, 0.15) is 0 Å². The first-order chi connectivity index (χ1) is 27.1. The van der Waals surface area contributed by atoms with Crippen molar-refractivity contribution >= 4 is 19.0 Å². The molecule has 0 amide bonds. The van der Waals surface area contributed by atoms with Crippen molar-refractivity contribution in [1.29, 1.82) is 0 Å². The number of halogens is 30. The minimum absolute atomic E-state index is 0.0649. The van der Waals surface area contributed by atoms with Crippen LogP contribution in [0.15, 0.2) is 41.3 Å². The molecule has 0 aliphatic heterocycles. The molecule has 0 aromatic carbocycles. The number of alkyl halides is 30. The van der Waals surface area contributed by atoms with Crippen LogP contribution in [0.25, 0.3) is 0 Å². The fourth-order valence-electron chi connectivity index (χ4n) is 5.84. The molecule has 0 radical (unpaired) electrons. The molecule has 2 aliphatic rings. The summed E-state index contributed by atoms with van der Waals surface area (Å²) in [5.74, 6) is -96.6. The Kier molecular flexibility index (Phi) is 14.4. The molecule has 0 N–H and O–H groups in total. The van der Waals surface area contributed by atoms with Crippen molar-refractivity contribution in [2.75, 3.05) is 0 Å². The summed E-state index contributed by atoms with van der Waals surface area (Å²) in [7, 11) is -6.94. The summed E-state index contributed by atoms with van der Waals surface area (Å²) >= 11 is -2.87. The zero-order chi connectivity index (χ0) is 50.7. The Labute approximate surface area is 348 Å². The third-order valence-corrected chi connectivity index (χ3v) is 20.5. The van der Waals surface area contributed by atoms with Crippen LogP contribution >= 0.6 is 0 Å². The topological polar surface area (TPSA) is 0 Å². The van der Waals surface area contributed by atoms with Crippen LogP contribution in [0.4, 0.5) is 132 Å². The molecular weight excluding hydrogens is 1080 g/mol. The van der Waals surface area contributed by atoms with Crippen LogP contribution in [-0.2, 0) is 23.2 Å². The monoisotopic (exact) mass is 1100 g/mol. The number of allylic oxidation sites excluding steroid dienone is 8. The Morgan fingerprint density at radius 3 is 0.714 bits per heavy atom. The Hall–Kier alpha value is -1.82. The fourth-order valence-corrected chi connectivity index (χ4v) is 15.4. The summed E-state index contributed by atoms with van der Waals surface area (Å²) in [5, 5.41) is -8.56. The van der Waals surface area contributed by atoms with Crippen molar-refractivity contribution in [3.63, 3.8) is 0 Å². The van der Waals surface area contributed by atoms with E-state index in [0.29, 0.717) is 0 Å². The maximum atomic E-state index is 15.3. The van der Waals surface area contributed by atoms with Gasteiger partial charge in [-0.2, -0.15) is 0 Å². The SMILES string of the molecule is CC(C)([SiH2]C1=[C]([Zr][C]2=C([SiH2]C(C)(C)C(F)(F)C(F)(F)C(F)(F)C(F)(F)C(F)(F)C(F)(F)C(F)(F)F)C=CC2)CC=C1)C(F)(F)C(F)(F)C(F)(F)C(F)(F)C(F)(F)C(F)(F)C(F)(F)F. The van der Waals surface area contributed by atoms with E-state index in [9.17, 15) is 114 Å². The predicted molar refractivity (Wildman–Crippen MR) is 158 cm³/mol. The van der Waals surface area contributed by atoms with Crippen LogP contribution in [0.1, 0.15) is 40.5 Å². The van der Waals surface area contributed by atoms with E-state index in [-0.39, 0.29) is 34.3 Å². The molecule has 0 atom stereocenters. The molecule has 0 bridgehead atoms. The molecule has 0 aromatic heterocycles. The quantitative estimate of drug-likeness (QED) is 0.0948. The molecule has 0 saturated carbocycles.